The summed E-state index contributed by atoms with van der Waals surface area (Å²) in [6, 6.07) is 6.37. The molecule has 0 spiro atoms. The number of rotatable bonds is 5. The fraction of sp³-hybridized carbons (Fsp3) is 0.611. The number of carbonyl (C=O) groups is 1. The van der Waals surface area contributed by atoms with E-state index in [0.717, 1.165) is 36.8 Å². The van der Waals surface area contributed by atoms with Gasteiger partial charge in [-0.1, -0.05) is 22.0 Å². The quantitative estimate of drug-likeness (QED) is 0.848. The molecule has 0 saturated carbocycles. The lowest BCUT2D eigenvalue weighted by Crippen LogP contribution is -2.38. The molecule has 1 aliphatic heterocycles. The van der Waals surface area contributed by atoms with Crippen LogP contribution in [-0.2, 0) is 20.7 Å². The van der Waals surface area contributed by atoms with Crippen LogP contribution in [0.1, 0.15) is 49.8 Å². The van der Waals surface area contributed by atoms with E-state index in [1.165, 1.54) is 17.5 Å². The molecule has 4 nitrogen and oxygen atoms in total. The first-order valence-corrected chi connectivity index (χ1v) is 9.24. The molecule has 1 fully saturated rings. The molecule has 1 aliphatic carbocycles. The number of aryl methyl sites for hydroxylation is 1. The van der Waals surface area contributed by atoms with Crippen molar-refractivity contribution in [2.24, 2.45) is 0 Å². The van der Waals surface area contributed by atoms with Crippen molar-refractivity contribution in [1.82, 2.24) is 5.32 Å². The van der Waals surface area contributed by atoms with Crippen LogP contribution >= 0.6 is 15.9 Å². The highest BCUT2D eigenvalue weighted by molar-refractivity contribution is 9.10. The molecule has 0 radical (unpaired) electrons. The smallest absolute Gasteiger partial charge is 0.249 e. The van der Waals surface area contributed by atoms with Gasteiger partial charge < -0.3 is 14.8 Å². The van der Waals surface area contributed by atoms with Crippen LogP contribution in [-0.4, -0.2) is 31.3 Å². The Labute approximate surface area is 146 Å². The van der Waals surface area contributed by atoms with Gasteiger partial charge in [-0.15, -0.1) is 0 Å². The summed E-state index contributed by atoms with van der Waals surface area (Å²) >= 11 is 3.50. The van der Waals surface area contributed by atoms with E-state index in [1.54, 1.807) is 0 Å². The first-order valence-electron chi connectivity index (χ1n) is 8.45. The lowest BCUT2D eigenvalue weighted by atomic mass is 10.1. The zero-order valence-corrected chi connectivity index (χ0v) is 15.1. The number of halogens is 1. The summed E-state index contributed by atoms with van der Waals surface area (Å²) < 4.78 is 12.4. The van der Waals surface area contributed by atoms with Crippen molar-refractivity contribution in [3.63, 3.8) is 0 Å². The van der Waals surface area contributed by atoms with E-state index >= 15 is 0 Å². The molecule has 1 heterocycles. The molecule has 0 aromatic heterocycles. The Morgan fingerprint density at radius 3 is 3.09 bits per heavy atom. The van der Waals surface area contributed by atoms with Crippen molar-refractivity contribution in [2.45, 2.75) is 57.3 Å². The van der Waals surface area contributed by atoms with Gasteiger partial charge in [0.1, 0.15) is 6.10 Å². The topological polar surface area (TPSA) is 47.6 Å². The molecular weight excluding hydrogens is 358 g/mol. The van der Waals surface area contributed by atoms with Gasteiger partial charge >= 0.3 is 0 Å². The maximum Gasteiger partial charge on any atom is 0.249 e. The molecule has 1 saturated heterocycles. The molecule has 2 aliphatic rings. The van der Waals surface area contributed by atoms with Crippen molar-refractivity contribution < 1.29 is 14.3 Å². The fourth-order valence-corrected chi connectivity index (χ4v) is 3.70. The predicted octanol–water partition coefficient (Wildman–Crippen LogP) is 3.53. The molecule has 1 aromatic rings. The lowest BCUT2D eigenvalue weighted by molar-refractivity contribution is -0.136. The van der Waals surface area contributed by atoms with E-state index in [9.17, 15) is 4.79 Å². The minimum Gasteiger partial charge on any atom is -0.376 e. The number of ether oxygens (including phenoxy) is 2. The number of nitrogens with one attached hydrogen (secondary N) is 1. The molecule has 5 heteroatoms. The van der Waals surface area contributed by atoms with Crippen molar-refractivity contribution in [2.75, 3.05) is 13.2 Å². The largest absolute Gasteiger partial charge is 0.376 e. The van der Waals surface area contributed by atoms with Gasteiger partial charge in [0.2, 0.25) is 5.91 Å². The van der Waals surface area contributed by atoms with Crippen molar-refractivity contribution in [1.29, 1.82) is 0 Å². The molecule has 3 atom stereocenters. The number of carbonyl (C=O) groups excluding carboxylic acids is 1. The third-order valence-electron chi connectivity index (χ3n) is 4.67. The highest BCUT2D eigenvalue weighted by Crippen LogP contribution is 2.33. The van der Waals surface area contributed by atoms with Crippen LogP contribution in [0, 0.1) is 0 Å². The van der Waals surface area contributed by atoms with Crippen LogP contribution in [0.5, 0.6) is 0 Å². The Morgan fingerprint density at radius 1 is 1.43 bits per heavy atom. The van der Waals surface area contributed by atoms with E-state index in [4.69, 9.17) is 9.47 Å². The second-order valence-electron chi connectivity index (χ2n) is 6.41. The minimum atomic E-state index is -0.444. The summed E-state index contributed by atoms with van der Waals surface area (Å²) in [5.74, 6) is -0.0402. The van der Waals surface area contributed by atoms with Gasteiger partial charge in [0.05, 0.1) is 18.8 Å². The highest BCUT2D eigenvalue weighted by atomic mass is 79.9. The molecule has 3 rings (SSSR count). The van der Waals surface area contributed by atoms with Gasteiger partial charge in [0, 0.05) is 11.1 Å². The summed E-state index contributed by atoms with van der Waals surface area (Å²) in [4.78, 5) is 12.4. The number of fused-ring (bicyclic) bond motifs is 1. The minimum absolute atomic E-state index is 0.0402. The Hall–Kier alpha value is -0.910. The zero-order valence-electron chi connectivity index (χ0n) is 13.5. The number of benzene rings is 1. The van der Waals surface area contributed by atoms with Gasteiger partial charge in [-0.25, -0.2) is 0 Å². The van der Waals surface area contributed by atoms with Crippen LogP contribution < -0.4 is 5.32 Å². The van der Waals surface area contributed by atoms with Gasteiger partial charge in [-0.2, -0.15) is 0 Å². The first kappa shape index (κ1) is 16.9. The van der Waals surface area contributed by atoms with Gasteiger partial charge in [0.15, 0.2) is 0 Å². The third kappa shape index (κ3) is 4.34. The van der Waals surface area contributed by atoms with Crippen molar-refractivity contribution in [3.05, 3.63) is 33.8 Å². The van der Waals surface area contributed by atoms with Crippen LogP contribution in [0.15, 0.2) is 22.7 Å². The lowest BCUT2D eigenvalue weighted by Gasteiger charge is -2.24. The summed E-state index contributed by atoms with van der Waals surface area (Å²) in [7, 11) is 0. The van der Waals surface area contributed by atoms with E-state index in [2.05, 4.69) is 33.4 Å². The predicted molar refractivity (Wildman–Crippen MR) is 92.4 cm³/mol. The molecule has 0 bridgehead atoms. The Balaban J connectivity index is 1.49. The number of hydrogen-bond donors (Lipinski definition) is 1. The van der Waals surface area contributed by atoms with Crippen LogP contribution in [0.4, 0.5) is 0 Å². The maximum atomic E-state index is 12.4. The SMILES string of the molecule is CC(OCC1CCCCO1)C(=O)NC1CCc2cc(Br)ccc21. The zero-order chi connectivity index (χ0) is 16.2. The van der Waals surface area contributed by atoms with Gasteiger partial charge in [0.25, 0.3) is 0 Å². The average molecular weight is 382 g/mol. The summed E-state index contributed by atoms with van der Waals surface area (Å²) in [5, 5.41) is 3.12. The second kappa shape index (κ2) is 7.77. The molecule has 23 heavy (non-hydrogen) atoms. The Morgan fingerprint density at radius 2 is 2.30 bits per heavy atom. The summed E-state index contributed by atoms with van der Waals surface area (Å²) in [5.41, 5.74) is 2.54. The van der Waals surface area contributed by atoms with Crippen LogP contribution in [0.2, 0.25) is 0 Å². The van der Waals surface area contributed by atoms with Crippen LogP contribution in [0.25, 0.3) is 0 Å². The molecule has 1 amide bonds. The van der Waals surface area contributed by atoms with Gasteiger partial charge in [-0.05, 0) is 62.3 Å². The molecule has 3 unspecified atom stereocenters. The normalized spacial score (nSPS) is 25.0. The summed E-state index contributed by atoms with van der Waals surface area (Å²) in [6.45, 7) is 3.13. The van der Waals surface area contributed by atoms with E-state index in [-0.39, 0.29) is 18.1 Å². The molecule has 126 valence electrons. The number of hydrogen-bond acceptors (Lipinski definition) is 3. The van der Waals surface area contributed by atoms with Gasteiger partial charge in [-0.3, -0.25) is 4.79 Å². The fourth-order valence-electron chi connectivity index (χ4n) is 3.29. The third-order valence-corrected chi connectivity index (χ3v) is 5.17. The Kier molecular flexibility index (Phi) is 5.72. The average Bonchev–Trinajstić information content (AvgIpc) is 2.95. The van der Waals surface area contributed by atoms with Crippen LogP contribution in [0.3, 0.4) is 0 Å². The van der Waals surface area contributed by atoms with E-state index in [1.807, 2.05) is 13.0 Å². The van der Waals surface area contributed by atoms with E-state index < -0.39 is 6.10 Å². The Bertz CT molecular complexity index is 557. The molecule has 1 N–H and O–H groups in total. The van der Waals surface area contributed by atoms with E-state index in [0.29, 0.717) is 6.61 Å². The maximum absolute atomic E-state index is 12.4. The number of amides is 1. The summed E-state index contributed by atoms with van der Waals surface area (Å²) in [6.07, 6.45) is 5.00. The monoisotopic (exact) mass is 381 g/mol. The standard InChI is InChI=1S/C18H24BrNO3/c1-12(23-11-15-4-2-3-9-22-15)18(21)20-17-8-5-13-10-14(19)6-7-16(13)17/h6-7,10,12,15,17H,2-5,8-9,11H2,1H3,(H,20,21). The molecule has 1 aromatic carbocycles. The first-order chi connectivity index (χ1) is 11.1. The molecular formula is C18H24BrNO3. The van der Waals surface area contributed by atoms with Crippen molar-refractivity contribution in [3.8, 4) is 0 Å². The highest BCUT2D eigenvalue weighted by Gasteiger charge is 2.26. The second-order valence-corrected chi connectivity index (χ2v) is 7.32. The van der Waals surface area contributed by atoms with Crippen molar-refractivity contribution >= 4 is 21.8 Å².